The highest BCUT2D eigenvalue weighted by Gasteiger charge is 2.20. The van der Waals surface area contributed by atoms with Gasteiger partial charge >= 0.3 is 0 Å². The molecule has 0 unspecified atom stereocenters. The van der Waals surface area contributed by atoms with Gasteiger partial charge in [0.15, 0.2) is 5.78 Å². The zero-order valence-corrected chi connectivity index (χ0v) is 16.8. The highest BCUT2D eigenvalue weighted by molar-refractivity contribution is 14.1. The zero-order chi connectivity index (χ0) is 17.8. The molecule has 25 heavy (non-hydrogen) atoms. The molecule has 0 heterocycles. The number of nitrogens with zero attached hydrogens (tertiary/aromatic N) is 1. The molecular formula is C22H22INO. The second kappa shape index (κ2) is 8.00. The van der Waals surface area contributed by atoms with E-state index in [0.717, 1.165) is 47.2 Å². The van der Waals surface area contributed by atoms with Crippen molar-refractivity contribution in [2.75, 3.05) is 19.0 Å². The van der Waals surface area contributed by atoms with Gasteiger partial charge in [-0.2, -0.15) is 0 Å². The Morgan fingerprint density at radius 3 is 2.16 bits per heavy atom. The monoisotopic (exact) mass is 443 g/mol. The maximum absolute atomic E-state index is 12.8. The standard InChI is InChI=1S/C22H22INO/c1-24(2)21-11-9-16(10-12-21)13-18-6-4-7-19(22(18)25)14-17-5-3-8-20(23)15-17/h3,5,8-15H,4,6-7H2,1-2H3/b18-13+,19-14+. The van der Waals surface area contributed by atoms with E-state index < -0.39 is 0 Å². The van der Waals surface area contributed by atoms with Crippen LogP contribution in [0.25, 0.3) is 12.2 Å². The van der Waals surface area contributed by atoms with Crippen LogP contribution in [0.15, 0.2) is 59.7 Å². The molecule has 1 saturated carbocycles. The molecule has 3 rings (SSSR count). The second-order valence-corrected chi connectivity index (χ2v) is 7.81. The van der Waals surface area contributed by atoms with Gasteiger partial charge in [0.05, 0.1) is 0 Å². The first kappa shape index (κ1) is 17.9. The molecule has 0 aliphatic heterocycles. The minimum absolute atomic E-state index is 0.196. The van der Waals surface area contributed by atoms with Crippen LogP contribution in [-0.4, -0.2) is 19.9 Å². The Morgan fingerprint density at radius 1 is 0.920 bits per heavy atom. The lowest BCUT2D eigenvalue weighted by molar-refractivity contribution is -0.112. The van der Waals surface area contributed by atoms with E-state index in [-0.39, 0.29) is 5.78 Å². The minimum atomic E-state index is 0.196. The van der Waals surface area contributed by atoms with Crippen molar-refractivity contribution in [3.8, 4) is 0 Å². The van der Waals surface area contributed by atoms with Crippen molar-refractivity contribution >= 4 is 46.2 Å². The summed E-state index contributed by atoms with van der Waals surface area (Å²) in [7, 11) is 4.06. The van der Waals surface area contributed by atoms with Crippen molar-refractivity contribution in [1.82, 2.24) is 0 Å². The SMILES string of the molecule is CN(C)c1ccc(/C=C2\CCC/C(=C\c3cccc(I)c3)C2=O)cc1. The van der Waals surface area contributed by atoms with Crippen LogP contribution in [-0.2, 0) is 4.79 Å². The Labute approximate surface area is 163 Å². The van der Waals surface area contributed by atoms with E-state index in [1.54, 1.807) is 0 Å². The summed E-state index contributed by atoms with van der Waals surface area (Å²) in [4.78, 5) is 14.9. The Kier molecular flexibility index (Phi) is 5.74. The third-order valence-electron chi connectivity index (χ3n) is 4.42. The van der Waals surface area contributed by atoms with Gasteiger partial charge < -0.3 is 4.90 Å². The number of hydrogen-bond donors (Lipinski definition) is 0. The van der Waals surface area contributed by atoms with Crippen LogP contribution >= 0.6 is 22.6 Å². The minimum Gasteiger partial charge on any atom is -0.378 e. The van der Waals surface area contributed by atoms with Crippen LogP contribution in [0.4, 0.5) is 5.69 Å². The van der Waals surface area contributed by atoms with Gasteiger partial charge in [-0.25, -0.2) is 0 Å². The van der Waals surface area contributed by atoms with Gasteiger partial charge in [-0.05, 0) is 89.4 Å². The number of halogens is 1. The van der Waals surface area contributed by atoms with Crippen LogP contribution in [0.5, 0.6) is 0 Å². The lowest BCUT2D eigenvalue weighted by Gasteiger charge is -2.17. The van der Waals surface area contributed by atoms with E-state index in [2.05, 4.69) is 70.0 Å². The molecule has 0 spiro atoms. The molecule has 0 bridgehead atoms. The van der Waals surface area contributed by atoms with E-state index in [1.165, 1.54) is 3.57 Å². The molecule has 0 saturated heterocycles. The lowest BCUT2D eigenvalue weighted by atomic mass is 9.87. The van der Waals surface area contributed by atoms with E-state index in [4.69, 9.17) is 0 Å². The fourth-order valence-electron chi connectivity index (χ4n) is 3.05. The first-order chi connectivity index (χ1) is 12.0. The second-order valence-electron chi connectivity index (χ2n) is 6.56. The van der Waals surface area contributed by atoms with Gasteiger partial charge in [0.1, 0.15) is 0 Å². The van der Waals surface area contributed by atoms with Crippen molar-refractivity contribution in [3.05, 3.63) is 74.4 Å². The number of allylic oxidation sites excluding steroid dienone is 2. The molecule has 0 N–H and O–H groups in total. The third-order valence-corrected chi connectivity index (χ3v) is 5.09. The number of carbonyl (C=O) groups excluding carboxylic acids is 1. The molecule has 0 radical (unpaired) electrons. The Bertz CT molecular complexity index is 831. The Morgan fingerprint density at radius 2 is 1.56 bits per heavy atom. The predicted octanol–water partition coefficient (Wildman–Crippen LogP) is 5.58. The average molecular weight is 443 g/mol. The average Bonchev–Trinajstić information content (AvgIpc) is 2.59. The van der Waals surface area contributed by atoms with Crippen molar-refractivity contribution in [1.29, 1.82) is 0 Å². The summed E-state index contributed by atoms with van der Waals surface area (Å²) in [6.07, 6.45) is 6.85. The molecule has 1 aliphatic rings. The summed E-state index contributed by atoms with van der Waals surface area (Å²) < 4.78 is 1.19. The van der Waals surface area contributed by atoms with Crippen molar-refractivity contribution in [2.45, 2.75) is 19.3 Å². The fraction of sp³-hybridized carbons (Fsp3) is 0.227. The molecule has 0 atom stereocenters. The van der Waals surface area contributed by atoms with Gasteiger partial charge in [0.2, 0.25) is 0 Å². The molecule has 0 amide bonds. The highest BCUT2D eigenvalue weighted by Crippen LogP contribution is 2.28. The molecule has 2 nitrogen and oxygen atoms in total. The molecule has 3 heteroatoms. The molecule has 1 aliphatic carbocycles. The van der Waals surface area contributed by atoms with Gasteiger partial charge in [0.25, 0.3) is 0 Å². The number of hydrogen-bond acceptors (Lipinski definition) is 2. The molecular weight excluding hydrogens is 421 g/mol. The number of carbonyl (C=O) groups is 1. The van der Waals surface area contributed by atoms with Crippen molar-refractivity contribution in [2.24, 2.45) is 0 Å². The first-order valence-electron chi connectivity index (χ1n) is 8.52. The quantitative estimate of drug-likeness (QED) is 0.456. The topological polar surface area (TPSA) is 20.3 Å². The Hall–Kier alpha value is -1.88. The maximum Gasteiger partial charge on any atom is 0.185 e. The predicted molar refractivity (Wildman–Crippen MR) is 115 cm³/mol. The molecule has 1 fully saturated rings. The number of benzene rings is 2. The van der Waals surface area contributed by atoms with Crippen molar-refractivity contribution < 1.29 is 4.79 Å². The van der Waals surface area contributed by atoms with Gasteiger partial charge in [-0.15, -0.1) is 0 Å². The smallest absolute Gasteiger partial charge is 0.185 e. The first-order valence-corrected chi connectivity index (χ1v) is 9.59. The summed E-state index contributed by atoms with van der Waals surface area (Å²) in [6, 6.07) is 16.6. The van der Waals surface area contributed by atoms with E-state index >= 15 is 0 Å². The van der Waals surface area contributed by atoms with Crippen LogP contribution in [0.3, 0.4) is 0 Å². The highest BCUT2D eigenvalue weighted by atomic mass is 127. The molecule has 0 aromatic heterocycles. The number of Topliss-reactive ketones (excluding diaryl/α,β-unsaturated/α-hetero) is 1. The number of anilines is 1. The summed E-state index contributed by atoms with van der Waals surface area (Å²) in [5.41, 5.74) is 5.19. The molecule has 128 valence electrons. The summed E-state index contributed by atoms with van der Waals surface area (Å²) in [5.74, 6) is 0.196. The lowest BCUT2D eigenvalue weighted by Crippen LogP contribution is -2.12. The van der Waals surface area contributed by atoms with Crippen molar-refractivity contribution in [3.63, 3.8) is 0 Å². The van der Waals surface area contributed by atoms with E-state index in [9.17, 15) is 4.79 Å². The van der Waals surface area contributed by atoms with Crippen LogP contribution < -0.4 is 4.90 Å². The molecule has 2 aromatic carbocycles. The number of rotatable bonds is 3. The van der Waals surface area contributed by atoms with Crippen LogP contribution in [0.1, 0.15) is 30.4 Å². The van der Waals surface area contributed by atoms with Crippen LogP contribution in [0, 0.1) is 3.57 Å². The van der Waals surface area contributed by atoms with E-state index in [1.807, 2.05) is 32.3 Å². The maximum atomic E-state index is 12.8. The van der Waals surface area contributed by atoms with Gasteiger partial charge in [0, 0.05) is 34.5 Å². The zero-order valence-electron chi connectivity index (χ0n) is 14.6. The van der Waals surface area contributed by atoms with Crippen LogP contribution in [0.2, 0.25) is 0 Å². The summed E-state index contributed by atoms with van der Waals surface area (Å²) >= 11 is 2.30. The third kappa shape index (κ3) is 4.60. The molecule has 2 aromatic rings. The van der Waals surface area contributed by atoms with E-state index in [0.29, 0.717) is 0 Å². The Balaban J connectivity index is 1.84. The summed E-state index contributed by atoms with van der Waals surface area (Å²) in [5, 5.41) is 0. The normalized spacial score (nSPS) is 18.0. The number of ketones is 1. The summed E-state index contributed by atoms with van der Waals surface area (Å²) in [6.45, 7) is 0. The van der Waals surface area contributed by atoms with Gasteiger partial charge in [-0.1, -0.05) is 24.3 Å². The van der Waals surface area contributed by atoms with Gasteiger partial charge in [-0.3, -0.25) is 4.79 Å². The fourth-order valence-corrected chi connectivity index (χ4v) is 3.61. The largest absolute Gasteiger partial charge is 0.378 e.